The summed E-state index contributed by atoms with van der Waals surface area (Å²) in [5, 5.41) is 0. The fourth-order valence-corrected chi connectivity index (χ4v) is 2.27. The Morgan fingerprint density at radius 2 is 1.56 bits per heavy atom. The Morgan fingerprint density at radius 3 is 2.06 bits per heavy atom. The summed E-state index contributed by atoms with van der Waals surface area (Å²) in [5.41, 5.74) is 0. The number of ether oxygens (including phenoxy) is 2. The summed E-state index contributed by atoms with van der Waals surface area (Å²) in [6.45, 7) is 5.03. The van der Waals surface area contributed by atoms with Crippen molar-refractivity contribution in [2.45, 2.75) is 13.3 Å². The van der Waals surface area contributed by atoms with Gasteiger partial charge in [0.1, 0.15) is 0 Å². The van der Waals surface area contributed by atoms with Crippen LogP contribution < -0.4 is 0 Å². The molecular formula is C12H12O6. The van der Waals surface area contributed by atoms with E-state index in [1.165, 1.54) is 6.08 Å². The summed E-state index contributed by atoms with van der Waals surface area (Å²) < 4.78 is 8.99. The van der Waals surface area contributed by atoms with E-state index in [-0.39, 0.29) is 6.42 Å². The molecule has 96 valence electrons. The third-order valence-electron chi connectivity index (χ3n) is 3.45. The van der Waals surface area contributed by atoms with Crippen LogP contribution in [0.25, 0.3) is 0 Å². The van der Waals surface area contributed by atoms with Crippen molar-refractivity contribution in [2.75, 3.05) is 0 Å². The molecule has 0 amide bonds. The second-order valence-corrected chi connectivity index (χ2v) is 4.48. The highest BCUT2D eigenvalue weighted by Crippen LogP contribution is 2.35. The molecular weight excluding hydrogens is 240 g/mol. The summed E-state index contributed by atoms with van der Waals surface area (Å²) in [6.07, 6.45) is 1.39. The van der Waals surface area contributed by atoms with E-state index in [4.69, 9.17) is 0 Å². The Hall–Kier alpha value is -1.98. The highest BCUT2D eigenvalue weighted by Gasteiger charge is 2.49. The summed E-state index contributed by atoms with van der Waals surface area (Å²) >= 11 is 0. The van der Waals surface area contributed by atoms with Crippen molar-refractivity contribution in [1.29, 1.82) is 0 Å². The van der Waals surface area contributed by atoms with Gasteiger partial charge in [0.25, 0.3) is 0 Å². The number of carbonyl (C=O) groups is 4. The molecule has 4 unspecified atom stereocenters. The number of hydrogen-bond donors (Lipinski definition) is 0. The fourth-order valence-electron chi connectivity index (χ4n) is 2.27. The lowest BCUT2D eigenvalue weighted by Gasteiger charge is -2.14. The van der Waals surface area contributed by atoms with Crippen molar-refractivity contribution in [3.63, 3.8) is 0 Å². The molecule has 18 heavy (non-hydrogen) atoms. The zero-order chi connectivity index (χ0) is 13.4. The lowest BCUT2D eigenvalue weighted by molar-refractivity contribution is -0.154. The summed E-state index contributed by atoms with van der Waals surface area (Å²) in [5.74, 6) is -5.42. The molecule has 0 aromatic rings. The molecule has 6 nitrogen and oxygen atoms in total. The van der Waals surface area contributed by atoms with Crippen molar-refractivity contribution >= 4 is 23.9 Å². The van der Waals surface area contributed by atoms with E-state index < -0.39 is 47.5 Å². The third-order valence-corrected chi connectivity index (χ3v) is 3.45. The molecule has 0 saturated carbocycles. The zero-order valence-corrected chi connectivity index (χ0v) is 9.75. The van der Waals surface area contributed by atoms with Crippen LogP contribution in [-0.2, 0) is 28.7 Å². The molecule has 2 heterocycles. The molecule has 0 aliphatic carbocycles. The predicted molar refractivity (Wildman–Crippen MR) is 56.6 cm³/mol. The van der Waals surface area contributed by atoms with Gasteiger partial charge in [0, 0.05) is 0 Å². The minimum absolute atomic E-state index is 0.0625. The average Bonchev–Trinajstić information content (AvgIpc) is 2.70. The molecule has 2 rings (SSSR count). The van der Waals surface area contributed by atoms with Crippen LogP contribution in [0.1, 0.15) is 13.3 Å². The Kier molecular flexibility index (Phi) is 3.02. The number of hydrogen-bond acceptors (Lipinski definition) is 6. The average molecular weight is 252 g/mol. The van der Waals surface area contributed by atoms with Crippen molar-refractivity contribution < 1.29 is 28.7 Å². The third kappa shape index (κ3) is 1.83. The van der Waals surface area contributed by atoms with Gasteiger partial charge in [-0.1, -0.05) is 13.0 Å². The Balaban J connectivity index is 2.16. The molecule has 0 N–H and O–H groups in total. The van der Waals surface area contributed by atoms with E-state index >= 15 is 0 Å². The summed E-state index contributed by atoms with van der Waals surface area (Å²) in [6, 6.07) is 0. The van der Waals surface area contributed by atoms with Crippen LogP contribution in [0.15, 0.2) is 12.7 Å². The van der Waals surface area contributed by atoms with Crippen LogP contribution in [0.5, 0.6) is 0 Å². The minimum Gasteiger partial charge on any atom is -0.393 e. The Morgan fingerprint density at radius 1 is 1.00 bits per heavy atom. The standard InChI is InChI=1S/C12H12O6/c1-3-6-8(12(16)18-10(6)14)4-7-5(2)9(13)17-11(7)15/h3,5-8H,1,4H2,2H3. The van der Waals surface area contributed by atoms with Crippen LogP contribution in [0.2, 0.25) is 0 Å². The van der Waals surface area contributed by atoms with Gasteiger partial charge >= 0.3 is 23.9 Å². The summed E-state index contributed by atoms with van der Waals surface area (Å²) in [4.78, 5) is 45.5. The van der Waals surface area contributed by atoms with Gasteiger partial charge in [-0.2, -0.15) is 0 Å². The van der Waals surface area contributed by atoms with Crippen molar-refractivity contribution in [3.8, 4) is 0 Å². The quantitative estimate of drug-likeness (QED) is 0.405. The Bertz CT molecular complexity index is 451. The van der Waals surface area contributed by atoms with Crippen molar-refractivity contribution in [2.24, 2.45) is 23.7 Å². The van der Waals surface area contributed by atoms with E-state index in [1.54, 1.807) is 6.92 Å². The lowest BCUT2D eigenvalue weighted by Crippen LogP contribution is -2.24. The van der Waals surface area contributed by atoms with Gasteiger partial charge in [-0.15, -0.1) is 6.58 Å². The number of rotatable bonds is 3. The molecule has 0 aromatic carbocycles. The first-order chi connectivity index (χ1) is 8.45. The predicted octanol–water partition coefficient (Wildman–Crippen LogP) is 0.214. The van der Waals surface area contributed by atoms with Crippen LogP contribution in [0.4, 0.5) is 0 Å². The first-order valence-corrected chi connectivity index (χ1v) is 5.59. The molecule has 0 radical (unpaired) electrons. The SMILES string of the molecule is C=CC1C(=O)OC(=O)C1CC1C(=O)OC(=O)C1C. The Labute approximate surface area is 103 Å². The lowest BCUT2D eigenvalue weighted by atomic mass is 9.82. The van der Waals surface area contributed by atoms with Gasteiger partial charge < -0.3 is 9.47 Å². The highest BCUT2D eigenvalue weighted by molar-refractivity contribution is 5.99. The molecule has 0 bridgehead atoms. The minimum atomic E-state index is -0.763. The summed E-state index contributed by atoms with van der Waals surface area (Å²) in [7, 11) is 0. The number of cyclic esters (lactones) is 4. The largest absolute Gasteiger partial charge is 0.393 e. The first kappa shape index (κ1) is 12.5. The van der Waals surface area contributed by atoms with Gasteiger partial charge in [-0.3, -0.25) is 19.2 Å². The molecule has 6 heteroatoms. The number of esters is 4. The van der Waals surface area contributed by atoms with Gasteiger partial charge in [-0.05, 0) is 6.42 Å². The van der Waals surface area contributed by atoms with Gasteiger partial charge in [0.15, 0.2) is 0 Å². The van der Waals surface area contributed by atoms with E-state index in [1.807, 2.05) is 0 Å². The molecule has 2 saturated heterocycles. The van der Waals surface area contributed by atoms with E-state index in [9.17, 15) is 19.2 Å². The zero-order valence-electron chi connectivity index (χ0n) is 9.75. The van der Waals surface area contributed by atoms with Crippen molar-refractivity contribution in [3.05, 3.63) is 12.7 Å². The van der Waals surface area contributed by atoms with Crippen LogP contribution in [0, 0.1) is 23.7 Å². The van der Waals surface area contributed by atoms with Crippen LogP contribution in [0.3, 0.4) is 0 Å². The van der Waals surface area contributed by atoms with Gasteiger partial charge in [-0.25, -0.2) is 0 Å². The molecule has 0 aromatic heterocycles. The maximum absolute atomic E-state index is 11.5. The van der Waals surface area contributed by atoms with E-state index in [0.29, 0.717) is 0 Å². The van der Waals surface area contributed by atoms with Crippen molar-refractivity contribution in [1.82, 2.24) is 0 Å². The second-order valence-electron chi connectivity index (χ2n) is 4.48. The van der Waals surface area contributed by atoms with Gasteiger partial charge in [0.05, 0.1) is 23.7 Å². The first-order valence-electron chi connectivity index (χ1n) is 5.59. The number of carbonyl (C=O) groups excluding carboxylic acids is 4. The smallest absolute Gasteiger partial charge is 0.321 e. The van der Waals surface area contributed by atoms with Crippen LogP contribution >= 0.6 is 0 Å². The maximum atomic E-state index is 11.5. The second kappa shape index (κ2) is 4.36. The molecule has 4 atom stereocenters. The molecule has 2 aliphatic rings. The fraction of sp³-hybridized carbons (Fsp3) is 0.500. The van der Waals surface area contributed by atoms with Crippen LogP contribution in [-0.4, -0.2) is 23.9 Å². The monoisotopic (exact) mass is 252 g/mol. The molecule has 0 spiro atoms. The molecule has 2 aliphatic heterocycles. The van der Waals surface area contributed by atoms with E-state index in [0.717, 1.165) is 0 Å². The molecule has 2 fully saturated rings. The van der Waals surface area contributed by atoms with Gasteiger partial charge in [0.2, 0.25) is 0 Å². The topological polar surface area (TPSA) is 86.7 Å². The van der Waals surface area contributed by atoms with E-state index in [2.05, 4.69) is 16.1 Å². The maximum Gasteiger partial charge on any atom is 0.321 e. The highest BCUT2D eigenvalue weighted by atomic mass is 16.6. The normalized spacial score (nSPS) is 35.6.